The Hall–Kier alpha value is -0.0800. The lowest BCUT2D eigenvalue weighted by Gasteiger charge is -2.38. The minimum Gasteiger partial charge on any atom is -0.344 e. The van der Waals surface area contributed by atoms with E-state index in [1.807, 2.05) is 0 Å². The molecule has 0 aliphatic rings. The lowest BCUT2D eigenvalue weighted by atomic mass is 9.72. The van der Waals surface area contributed by atoms with Gasteiger partial charge in [0.2, 0.25) is 0 Å². The van der Waals surface area contributed by atoms with Crippen LogP contribution in [0.25, 0.3) is 0 Å². The summed E-state index contributed by atoms with van der Waals surface area (Å²) in [5.41, 5.74) is 6.21. The molecule has 0 amide bonds. The van der Waals surface area contributed by atoms with Gasteiger partial charge in [0.1, 0.15) is 0 Å². The second-order valence-electron chi connectivity index (χ2n) is 4.36. The third-order valence-electron chi connectivity index (χ3n) is 2.62. The summed E-state index contributed by atoms with van der Waals surface area (Å²) in [4.78, 5) is 0. The van der Waals surface area contributed by atoms with Crippen LogP contribution in [0.3, 0.4) is 0 Å². The van der Waals surface area contributed by atoms with Gasteiger partial charge in [-0.1, -0.05) is 27.2 Å². The second kappa shape index (κ2) is 4.07. The molecule has 0 unspecified atom stereocenters. The number of rotatable bonds is 3. The van der Waals surface area contributed by atoms with E-state index in [4.69, 9.17) is 5.73 Å². The van der Waals surface area contributed by atoms with Crippen molar-refractivity contribution in [3.05, 3.63) is 0 Å². The number of nitrogens with two attached hydrogens (primary N) is 1. The van der Waals surface area contributed by atoms with Crippen molar-refractivity contribution in [1.82, 2.24) is 6.15 Å². The molecule has 0 saturated carbocycles. The lowest BCUT2D eigenvalue weighted by Crippen LogP contribution is -2.47. The van der Waals surface area contributed by atoms with Crippen LogP contribution in [0.5, 0.6) is 0 Å². The van der Waals surface area contributed by atoms with Gasteiger partial charge in [0, 0.05) is 5.54 Å². The summed E-state index contributed by atoms with van der Waals surface area (Å²) >= 11 is 0. The van der Waals surface area contributed by atoms with Crippen molar-refractivity contribution in [2.75, 3.05) is 0 Å². The quantitative estimate of drug-likeness (QED) is 0.666. The van der Waals surface area contributed by atoms with Crippen LogP contribution in [0.4, 0.5) is 0 Å². The Kier molecular flexibility index (Phi) is 5.00. The molecule has 0 aromatic rings. The summed E-state index contributed by atoms with van der Waals surface area (Å²) in [5, 5.41) is 0. The van der Waals surface area contributed by atoms with Crippen LogP contribution >= 0.6 is 0 Å². The molecule has 70 valence electrons. The maximum absolute atomic E-state index is 6.00. The Labute approximate surface area is 71.1 Å². The number of hydrogen-bond donors (Lipinski definition) is 2. The van der Waals surface area contributed by atoms with E-state index in [9.17, 15) is 0 Å². The van der Waals surface area contributed by atoms with Crippen molar-refractivity contribution in [1.29, 1.82) is 0 Å². The molecule has 0 saturated heterocycles. The first-order valence-electron chi connectivity index (χ1n) is 4.10. The highest BCUT2D eigenvalue weighted by Crippen LogP contribution is 2.32. The maximum atomic E-state index is 6.00. The molecule has 5 N–H and O–H groups in total. The van der Waals surface area contributed by atoms with Gasteiger partial charge in [-0.25, -0.2) is 0 Å². The van der Waals surface area contributed by atoms with Crippen molar-refractivity contribution in [2.45, 2.75) is 53.0 Å². The predicted octanol–water partition coefficient (Wildman–Crippen LogP) is 2.71. The Balaban J connectivity index is 0. The summed E-state index contributed by atoms with van der Waals surface area (Å²) in [7, 11) is 0. The molecule has 2 heteroatoms. The molecule has 0 spiro atoms. The summed E-state index contributed by atoms with van der Waals surface area (Å²) in [5.74, 6) is 0. The third-order valence-corrected chi connectivity index (χ3v) is 2.62. The first-order valence-corrected chi connectivity index (χ1v) is 4.10. The zero-order valence-electron chi connectivity index (χ0n) is 8.70. The molecule has 0 heterocycles. The van der Waals surface area contributed by atoms with Gasteiger partial charge in [-0.3, -0.25) is 0 Å². The van der Waals surface area contributed by atoms with Gasteiger partial charge < -0.3 is 11.9 Å². The molecule has 0 fully saturated rings. The smallest absolute Gasteiger partial charge is 0.0148 e. The Morgan fingerprint density at radius 1 is 1.09 bits per heavy atom. The second-order valence-corrected chi connectivity index (χ2v) is 4.36. The zero-order chi connectivity index (χ0) is 8.41. The van der Waals surface area contributed by atoms with Crippen molar-refractivity contribution < 1.29 is 0 Å². The molecule has 0 aromatic heterocycles. The first-order chi connectivity index (χ1) is 4.31. The highest BCUT2D eigenvalue weighted by Gasteiger charge is 2.31. The molecule has 2 nitrogen and oxygen atoms in total. The van der Waals surface area contributed by atoms with Crippen molar-refractivity contribution in [3.8, 4) is 0 Å². The summed E-state index contributed by atoms with van der Waals surface area (Å²) in [6.07, 6.45) is 2.42. The molecule has 0 aliphatic carbocycles. The van der Waals surface area contributed by atoms with Crippen molar-refractivity contribution in [2.24, 2.45) is 11.1 Å². The zero-order valence-corrected chi connectivity index (χ0v) is 8.70. The molecule has 0 rings (SSSR count). The summed E-state index contributed by atoms with van der Waals surface area (Å²) in [6, 6.07) is 0. The van der Waals surface area contributed by atoms with Crippen molar-refractivity contribution in [3.63, 3.8) is 0 Å². The molecular formula is C9H24N2. The lowest BCUT2D eigenvalue weighted by molar-refractivity contribution is 0.184. The first kappa shape index (κ1) is 13.5. The summed E-state index contributed by atoms with van der Waals surface area (Å²) < 4.78 is 0. The molecule has 0 bridgehead atoms. The third kappa shape index (κ3) is 3.73. The SMILES string of the molecule is CCCC(C)(C)C(C)(C)N.N. The van der Waals surface area contributed by atoms with Gasteiger partial charge in [-0.2, -0.15) is 0 Å². The van der Waals surface area contributed by atoms with E-state index in [0.717, 1.165) is 0 Å². The van der Waals surface area contributed by atoms with Crippen LogP contribution in [0.15, 0.2) is 0 Å². The Morgan fingerprint density at radius 2 is 1.45 bits per heavy atom. The summed E-state index contributed by atoms with van der Waals surface area (Å²) in [6.45, 7) is 10.9. The standard InChI is InChI=1S/C9H21N.H3N/c1-6-7-8(2,3)9(4,5)10;/h6-7,10H2,1-5H3;1H3. The van der Waals surface area contributed by atoms with E-state index in [-0.39, 0.29) is 17.1 Å². The van der Waals surface area contributed by atoms with E-state index in [2.05, 4.69) is 34.6 Å². The van der Waals surface area contributed by atoms with Crippen LogP contribution in [0.1, 0.15) is 47.5 Å². The maximum Gasteiger partial charge on any atom is 0.0148 e. The van der Waals surface area contributed by atoms with Crippen LogP contribution in [-0.2, 0) is 0 Å². The van der Waals surface area contributed by atoms with Gasteiger partial charge in [0.25, 0.3) is 0 Å². The normalized spacial score (nSPS) is 12.5. The van der Waals surface area contributed by atoms with E-state index >= 15 is 0 Å². The fourth-order valence-corrected chi connectivity index (χ4v) is 0.947. The molecule has 0 atom stereocenters. The van der Waals surface area contributed by atoms with Gasteiger partial charge >= 0.3 is 0 Å². The van der Waals surface area contributed by atoms with Gasteiger partial charge in [0.15, 0.2) is 0 Å². The predicted molar refractivity (Wildman–Crippen MR) is 52.0 cm³/mol. The fraction of sp³-hybridized carbons (Fsp3) is 1.00. The largest absolute Gasteiger partial charge is 0.344 e. The van der Waals surface area contributed by atoms with E-state index in [1.54, 1.807) is 0 Å². The molecule has 0 aliphatic heterocycles. The van der Waals surface area contributed by atoms with E-state index in [1.165, 1.54) is 12.8 Å². The van der Waals surface area contributed by atoms with E-state index < -0.39 is 0 Å². The molecule has 0 aromatic carbocycles. The fourth-order valence-electron chi connectivity index (χ4n) is 0.947. The monoisotopic (exact) mass is 160 g/mol. The molecule has 11 heavy (non-hydrogen) atoms. The van der Waals surface area contributed by atoms with Crippen LogP contribution in [0.2, 0.25) is 0 Å². The van der Waals surface area contributed by atoms with Crippen LogP contribution < -0.4 is 11.9 Å². The molecular weight excluding hydrogens is 136 g/mol. The molecule has 0 radical (unpaired) electrons. The topological polar surface area (TPSA) is 61.0 Å². The Morgan fingerprint density at radius 3 is 1.55 bits per heavy atom. The van der Waals surface area contributed by atoms with Crippen LogP contribution in [0, 0.1) is 5.41 Å². The average Bonchev–Trinajstić information content (AvgIpc) is 1.61. The minimum absolute atomic E-state index is 0. The minimum atomic E-state index is -0.0526. The van der Waals surface area contributed by atoms with Gasteiger partial charge in [-0.15, -0.1) is 0 Å². The van der Waals surface area contributed by atoms with Gasteiger partial charge in [-0.05, 0) is 25.7 Å². The van der Waals surface area contributed by atoms with Crippen LogP contribution in [-0.4, -0.2) is 5.54 Å². The van der Waals surface area contributed by atoms with Gasteiger partial charge in [0.05, 0.1) is 0 Å². The van der Waals surface area contributed by atoms with E-state index in [0.29, 0.717) is 0 Å². The number of hydrogen-bond acceptors (Lipinski definition) is 2. The van der Waals surface area contributed by atoms with Crippen molar-refractivity contribution >= 4 is 0 Å². The average molecular weight is 160 g/mol. The Bertz CT molecular complexity index is 101. The highest BCUT2D eigenvalue weighted by molar-refractivity contribution is 4.89. The highest BCUT2D eigenvalue weighted by atomic mass is 14.7.